The van der Waals surface area contributed by atoms with Crippen molar-refractivity contribution in [2.75, 3.05) is 20.8 Å². The van der Waals surface area contributed by atoms with E-state index in [2.05, 4.69) is 36.5 Å². The second-order valence-electron chi connectivity index (χ2n) is 9.05. The Morgan fingerprint density at radius 3 is 2.37 bits per heavy atom. The first kappa shape index (κ1) is 23.0. The summed E-state index contributed by atoms with van der Waals surface area (Å²) in [5, 5.41) is 3.14. The molecule has 3 aromatic carbocycles. The molecule has 6 heteroatoms. The summed E-state index contributed by atoms with van der Waals surface area (Å²) >= 11 is 0. The lowest BCUT2D eigenvalue weighted by Gasteiger charge is -2.45. The average Bonchev–Trinajstić information content (AvgIpc) is 2.91. The highest BCUT2D eigenvalue weighted by Crippen LogP contribution is 2.48. The largest absolute Gasteiger partial charge is 0.493 e. The van der Waals surface area contributed by atoms with E-state index in [1.807, 2.05) is 41.3 Å². The quantitative estimate of drug-likeness (QED) is 0.579. The predicted molar refractivity (Wildman–Crippen MR) is 134 cm³/mol. The summed E-state index contributed by atoms with van der Waals surface area (Å²) in [4.78, 5) is 29.1. The molecule has 2 atom stereocenters. The van der Waals surface area contributed by atoms with Gasteiger partial charge in [-0.1, -0.05) is 49.4 Å². The van der Waals surface area contributed by atoms with Crippen LogP contribution in [0.25, 0.3) is 0 Å². The molecule has 0 saturated heterocycles. The minimum Gasteiger partial charge on any atom is -0.493 e. The molecule has 5 rings (SSSR count). The van der Waals surface area contributed by atoms with Crippen molar-refractivity contribution in [3.63, 3.8) is 0 Å². The monoisotopic (exact) mass is 470 g/mol. The smallest absolute Gasteiger partial charge is 0.254 e. The molecule has 0 saturated carbocycles. The third-order valence-corrected chi connectivity index (χ3v) is 7.21. The van der Waals surface area contributed by atoms with Crippen LogP contribution in [0.2, 0.25) is 0 Å². The summed E-state index contributed by atoms with van der Waals surface area (Å²) < 4.78 is 11.1. The van der Waals surface area contributed by atoms with Gasteiger partial charge in [-0.3, -0.25) is 9.59 Å². The van der Waals surface area contributed by atoms with E-state index in [9.17, 15) is 9.59 Å². The number of aryl methyl sites for hydroxylation is 1. The molecule has 2 amide bonds. The first-order valence-corrected chi connectivity index (χ1v) is 12.1. The third-order valence-electron chi connectivity index (χ3n) is 7.21. The van der Waals surface area contributed by atoms with Gasteiger partial charge in [0.25, 0.3) is 5.91 Å². The highest BCUT2D eigenvalue weighted by atomic mass is 16.5. The van der Waals surface area contributed by atoms with Gasteiger partial charge in [0.2, 0.25) is 5.91 Å². The van der Waals surface area contributed by atoms with Crippen LogP contribution >= 0.6 is 0 Å². The number of nitrogens with zero attached hydrogens (tertiary/aromatic N) is 1. The Hall–Kier alpha value is -3.80. The molecular weight excluding hydrogens is 440 g/mol. The van der Waals surface area contributed by atoms with E-state index < -0.39 is 12.0 Å². The van der Waals surface area contributed by atoms with Crippen molar-refractivity contribution in [1.82, 2.24) is 10.2 Å². The number of ether oxygens (including phenoxy) is 2. The van der Waals surface area contributed by atoms with Crippen molar-refractivity contribution >= 4 is 11.8 Å². The minimum absolute atomic E-state index is 0.0368. The van der Waals surface area contributed by atoms with Crippen LogP contribution in [-0.4, -0.2) is 37.5 Å². The van der Waals surface area contributed by atoms with Crippen molar-refractivity contribution in [1.29, 1.82) is 0 Å². The van der Waals surface area contributed by atoms with Gasteiger partial charge in [0, 0.05) is 18.7 Å². The van der Waals surface area contributed by atoms with E-state index in [1.165, 1.54) is 5.56 Å². The predicted octanol–water partition coefficient (Wildman–Crippen LogP) is 4.42. The van der Waals surface area contributed by atoms with Gasteiger partial charge in [0.05, 0.1) is 26.2 Å². The molecule has 0 spiro atoms. The molecule has 1 N–H and O–H groups in total. The number of carbonyl (C=O) groups excluding carboxylic acids is 2. The van der Waals surface area contributed by atoms with Crippen LogP contribution in [0.1, 0.15) is 57.1 Å². The SMILES string of the molecule is CCc1ccc(CNC(=O)[C@H]2c3ccccc3C(=O)N3CCc4cc(OC)c(OC)cc4[C@@H]23)cc1. The second kappa shape index (κ2) is 9.45. The van der Waals surface area contributed by atoms with Gasteiger partial charge in [-0.25, -0.2) is 0 Å². The number of hydrogen-bond donors (Lipinski definition) is 1. The topological polar surface area (TPSA) is 67.9 Å². The number of benzene rings is 3. The minimum atomic E-state index is -0.532. The molecule has 6 nitrogen and oxygen atoms in total. The van der Waals surface area contributed by atoms with E-state index in [-0.39, 0.29) is 11.8 Å². The molecule has 0 fully saturated rings. The van der Waals surface area contributed by atoms with E-state index in [4.69, 9.17) is 9.47 Å². The third kappa shape index (κ3) is 4.03. The van der Waals surface area contributed by atoms with Crippen LogP contribution in [-0.2, 0) is 24.2 Å². The Morgan fingerprint density at radius 1 is 0.971 bits per heavy atom. The number of fused-ring (bicyclic) bond motifs is 4. The molecule has 2 heterocycles. The average molecular weight is 471 g/mol. The Morgan fingerprint density at radius 2 is 1.66 bits per heavy atom. The Labute approximate surface area is 205 Å². The summed E-state index contributed by atoms with van der Waals surface area (Å²) in [6.07, 6.45) is 1.67. The zero-order valence-corrected chi connectivity index (χ0v) is 20.3. The van der Waals surface area contributed by atoms with Gasteiger partial charge in [-0.05, 0) is 58.9 Å². The van der Waals surface area contributed by atoms with Crippen molar-refractivity contribution in [3.8, 4) is 11.5 Å². The lowest BCUT2D eigenvalue weighted by molar-refractivity contribution is -0.124. The summed E-state index contributed by atoms with van der Waals surface area (Å²) in [5.74, 6) is 0.580. The van der Waals surface area contributed by atoms with Crippen molar-refractivity contribution in [2.24, 2.45) is 0 Å². The molecule has 0 aromatic heterocycles. The first-order valence-electron chi connectivity index (χ1n) is 12.1. The number of amides is 2. The fourth-order valence-electron chi connectivity index (χ4n) is 5.33. The van der Waals surface area contributed by atoms with Crippen molar-refractivity contribution in [2.45, 2.75) is 38.3 Å². The number of hydrogen-bond acceptors (Lipinski definition) is 4. The normalized spacial score (nSPS) is 18.3. The van der Waals surface area contributed by atoms with Gasteiger partial charge >= 0.3 is 0 Å². The van der Waals surface area contributed by atoms with E-state index in [1.54, 1.807) is 14.2 Å². The highest BCUT2D eigenvalue weighted by Gasteiger charge is 2.46. The Kier molecular flexibility index (Phi) is 6.20. The van der Waals surface area contributed by atoms with E-state index in [0.29, 0.717) is 36.6 Å². The lowest BCUT2D eigenvalue weighted by Crippen LogP contribution is -2.50. The maximum Gasteiger partial charge on any atom is 0.254 e. The van der Waals surface area contributed by atoms with Crippen molar-refractivity contribution < 1.29 is 19.1 Å². The summed E-state index contributed by atoms with van der Waals surface area (Å²) in [7, 11) is 3.21. The molecule has 0 bridgehead atoms. The van der Waals surface area contributed by atoms with Crippen molar-refractivity contribution in [3.05, 3.63) is 94.0 Å². The standard InChI is InChI=1S/C29H30N2O4/c1-4-18-9-11-19(12-10-18)17-30-28(32)26-21-7-5-6-8-22(21)29(33)31-14-13-20-15-24(34-2)25(35-3)16-23(20)27(26)31/h5-12,15-16,26-27H,4,13-14,17H2,1-3H3,(H,30,32)/t26-,27-/m0/s1. The van der Waals surface area contributed by atoms with Gasteiger partial charge in [0.15, 0.2) is 11.5 Å². The molecule has 2 aliphatic heterocycles. The van der Waals surface area contributed by atoms with Crippen LogP contribution in [0.4, 0.5) is 0 Å². The van der Waals surface area contributed by atoms with E-state index in [0.717, 1.165) is 28.7 Å². The number of carbonyl (C=O) groups is 2. The maximum absolute atomic E-state index is 13.8. The molecule has 2 aliphatic rings. The molecule has 180 valence electrons. The maximum atomic E-state index is 13.8. The van der Waals surface area contributed by atoms with Gasteiger partial charge < -0.3 is 19.7 Å². The first-order chi connectivity index (χ1) is 17.0. The highest BCUT2D eigenvalue weighted by molar-refractivity contribution is 6.01. The fraction of sp³-hybridized carbons (Fsp3) is 0.310. The zero-order valence-electron chi connectivity index (χ0n) is 20.3. The number of nitrogens with one attached hydrogen (secondary N) is 1. The Bertz CT molecular complexity index is 1270. The molecule has 3 aromatic rings. The summed E-state index contributed by atoms with van der Waals surface area (Å²) in [6, 6.07) is 19.2. The zero-order chi connectivity index (χ0) is 24.5. The molecule has 0 radical (unpaired) electrons. The van der Waals surface area contributed by atoms with E-state index >= 15 is 0 Å². The van der Waals surface area contributed by atoms with Gasteiger partial charge in [-0.15, -0.1) is 0 Å². The molecular formula is C29H30N2O4. The molecule has 0 unspecified atom stereocenters. The van der Waals surface area contributed by atoms with Gasteiger partial charge in [-0.2, -0.15) is 0 Å². The van der Waals surface area contributed by atoms with Crippen LogP contribution in [0.15, 0.2) is 60.7 Å². The second-order valence-corrected chi connectivity index (χ2v) is 9.05. The molecule has 0 aliphatic carbocycles. The lowest BCUT2D eigenvalue weighted by atomic mass is 9.75. The molecule has 35 heavy (non-hydrogen) atoms. The number of methoxy groups -OCH3 is 2. The number of rotatable bonds is 6. The van der Waals surface area contributed by atoms with Crippen LogP contribution in [0, 0.1) is 0 Å². The van der Waals surface area contributed by atoms with Crippen LogP contribution in [0.5, 0.6) is 11.5 Å². The van der Waals surface area contributed by atoms with Crippen LogP contribution in [0.3, 0.4) is 0 Å². The summed E-state index contributed by atoms with van der Waals surface area (Å²) in [5.41, 5.74) is 5.68. The fourth-order valence-corrected chi connectivity index (χ4v) is 5.33. The van der Waals surface area contributed by atoms with Crippen LogP contribution < -0.4 is 14.8 Å². The Balaban J connectivity index is 1.55. The summed E-state index contributed by atoms with van der Waals surface area (Å²) in [6.45, 7) is 3.10. The van der Waals surface area contributed by atoms with Gasteiger partial charge in [0.1, 0.15) is 0 Å².